The number of aromatic nitrogens is 2. The van der Waals surface area contributed by atoms with Crippen LogP contribution in [0.5, 0.6) is 5.75 Å². The fraction of sp³-hybridized carbons (Fsp3) is 0.385. The molecule has 1 aromatic carbocycles. The molecule has 1 saturated carbocycles. The standard InChI is InChI=1S/C13H13Cl2N3O2/c14-8-2-3-10(9(15)6-8)19-7-11-17-12(18-20-11)13(16)4-1-5-13/h2-3,6H,1,4-5,7,16H2. The van der Waals surface area contributed by atoms with Crippen molar-refractivity contribution in [2.75, 3.05) is 0 Å². The monoisotopic (exact) mass is 313 g/mol. The third-order valence-corrected chi connectivity index (χ3v) is 3.93. The molecule has 1 heterocycles. The lowest BCUT2D eigenvalue weighted by molar-refractivity contribution is 0.223. The van der Waals surface area contributed by atoms with E-state index >= 15 is 0 Å². The number of rotatable bonds is 4. The van der Waals surface area contributed by atoms with Crippen LogP contribution in [0.15, 0.2) is 22.7 Å². The van der Waals surface area contributed by atoms with Gasteiger partial charge in [-0.2, -0.15) is 4.98 Å². The van der Waals surface area contributed by atoms with Crippen LogP contribution in [0.4, 0.5) is 0 Å². The van der Waals surface area contributed by atoms with Crippen LogP contribution >= 0.6 is 23.2 Å². The summed E-state index contributed by atoms with van der Waals surface area (Å²) in [5.74, 6) is 1.44. The molecule has 0 atom stereocenters. The van der Waals surface area contributed by atoms with Gasteiger partial charge in [-0.25, -0.2) is 0 Å². The van der Waals surface area contributed by atoms with Gasteiger partial charge in [0.05, 0.1) is 10.6 Å². The van der Waals surface area contributed by atoms with Gasteiger partial charge >= 0.3 is 0 Å². The molecule has 0 bridgehead atoms. The van der Waals surface area contributed by atoms with Gasteiger partial charge in [-0.1, -0.05) is 28.4 Å². The maximum absolute atomic E-state index is 6.12. The SMILES string of the molecule is NC1(c2noc(COc3ccc(Cl)cc3Cl)n2)CCC1. The molecule has 1 aliphatic carbocycles. The number of nitrogens with zero attached hydrogens (tertiary/aromatic N) is 2. The fourth-order valence-electron chi connectivity index (χ4n) is 2.03. The molecule has 1 fully saturated rings. The summed E-state index contributed by atoms with van der Waals surface area (Å²) in [4.78, 5) is 4.27. The second kappa shape index (κ2) is 5.24. The maximum atomic E-state index is 6.12. The Hall–Kier alpha value is -1.30. The highest BCUT2D eigenvalue weighted by molar-refractivity contribution is 6.35. The van der Waals surface area contributed by atoms with E-state index in [2.05, 4.69) is 10.1 Å². The van der Waals surface area contributed by atoms with Gasteiger partial charge in [0.15, 0.2) is 12.4 Å². The predicted octanol–water partition coefficient (Wildman–Crippen LogP) is 3.29. The van der Waals surface area contributed by atoms with Crippen LogP contribution in [0.25, 0.3) is 0 Å². The summed E-state index contributed by atoms with van der Waals surface area (Å²) in [5, 5.41) is 4.90. The van der Waals surface area contributed by atoms with Crippen LogP contribution in [-0.2, 0) is 12.1 Å². The first-order chi connectivity index (χ1) is 9.57. The highest BCUT2D eigenvalue weighted by Gasteiger charge is 2.38. The Morgan fingerprint density at radius 1 is 1.35 bits per heavy atom. The van der Waals surface area contributed by atoms with Crippen LogP contribution in [-0.4, -0.2) is 10.1 Å². The first-order valence-electron chi connectivity index (χ1n) is 6.27. The number of hydrogen-bond acceptors (Lipinski definition) is 5. The Morgan fingerprint density at radius 2 is 2.15 bits per heavy atom. The molecular formula is C13H13Cl2N3O2. The molecule has 1 aromatic heterocycles. The number of benzene rings is 1. The van der Waals surface area contributed by atoms with E-state index in [0.717, 1.165) is 19.3 Å². The molecule has 0 unspecified atom stereocenters. The molecule has 106 valence electrons. The van der Waals surface area contributed by atoms with Gasteiger partial charge in [-0.3, -0.25) is 0 Å². The first-order valence-corrected chi connectivity index (χ1v) is 7.02. The van der Waals surface area contributed by atoms with Crippen molar-refractivity contribution in [1.29, 1.82) is 0 Å². The molecule has 0 saturated heterocycles. The topological polar surface area (TPSA) is 74.2 Å². The van der Waals surface area contributed by atoms with Crippen molar-refractivity contribution < 1.29 is 9.26 Å². The predicted molar refractivity (Wildman–Crippen MR) is 74.8 cm³/mol. The Balaban J connectivity index is 1.66. The minimum atomic E-state index is -0.431. The smallest absolute Gasteiger partial charge is 0.264 e. The number of hydrogen-bond donors (Lipinski definition) is 1. The van der Waals surface area contributed by atoms with Crippen LogP contribution in [0, 0.1) is 0 Å². The van der Waals surface area contributed by atoms with E-state index < -0.39 is 5.54 Å². The zero-order chi connectivity index (χ0) is 14.2. The normalized spacial score (nSPS) is 16.8. The van der Waals surface area contributed by atoms with E-state index in [1.54, 1.807) is 18.2 Å². The summed E-state index contributed by atoms with van der Waals surface area (Å²) < 4.78 is 10.7. The lowest BCUT2D eigenvalue weighted by Crippen LogP contribution is -2.44. The van der Waals surface area contributed by atoms with Gasteiger partial charge in [0.1, 0.15) is 5.75 Å². The van der Waals surface area contributed by atoms with Crippen LogP contribution < -0.4 is 10.5 Å². The second-order valence-electron chi connectivity index (χ2n) is 4.88. The Bertz CT molecular complexity index is 626. The van der Waals surface area contributed by atoms with Crippen molar-refractivity contribution in [2.45, 2.75) is 31.4 Å². The van der Waals surface area contributed by atoms with Crippen molar-refractivity contribution >= 4 is 23.2 Å². The van der Waals surface area contributed by atoms with Gasteiger partial charge in [0.25, 0.3) is 5.89 Å². The van der Waals surface area contributed by atoms with Gasteiger partial charge < -0.3 is 15.0 Å². The van der Waals surface area contributed by atoms with E-state index in [-0.39, 0.29) is 6.61 Å². The minimum absolute atomic E-state index is 0.143. The number of ether oxygens (including phenoxy) is 1. The quantitative estimate of drug-likeness (QED) is 0.937. The average molecular weight is 314 g/mol. The second-order valence-corrected chi connectivity index (χ2v) is 5.73. The molecule has 0 amide bonds. The Morgan fingerprint density at radius 3 is 2.80 bits per heavy atom. The molecule has 0 radical (unpaired) electrons. The molecule has 0 aliphatic heterocycles. The largest absolute Gasteiger partial charge is 0.482 e. The first kappa shape index (κ1) is 13.7. The molecule has 2 N–H and O–H groups in total. The van der Waals surface area contributed by atoms with Crippen LogP contribution in [0.2, 0.25) is 10.0 Å². The maximum Gasteiger partial charge on any atom is 0.264 e. The van der Waals surface area contributed by atoms with E-state index in [9.17, 15) is 0 Å². The van der Waals surface area contributed by atoms with Crippen molar-refractivity contribution in [3.8, 4) is 5.75 Å². The van der Waals surface area contributed by atoms with E-state index in [0.29, 0.717) is 27.5 Å². The minimum Gasteiger partial charge on any atom is -0.482 e. The highest BCUT2D eigenvalue weighted by Crippen LogP contribution is 2.37. The van der Waals surface area contributed by atoms with E-state index in [1.807, 2.05) is 0 Å². The van der Waals surface area contributed by atoms with Crippen molar-refractivity contribution in [3.05, 3.63) is 40.0 Å². The van der Waals surface area contributed by atoms with Gasteiger partial charge in [-0.15, -0.1) is 0 Å². The summed E-state index contributed by atoms with van der Waals surface area (Å²) in [6.45, 7) is 0.143. The van der Waals surface area contributed by atoms with Crippen molar-refractivity contribution in [1.82, 2.24) is 10.1 Å². The molecular weight excluding hydrogens is 301 g/mol. The van der Waals surface area contributed by atoms with E-state index in [4.69, 9.17) is 38.2 Å². The highest BCUT2D eigenvalue weighted by atomic mass is 35.5. The summed E-state index contributed by atoms with van der Waals surface area (Å²) in [7, 11) is 0. The Kier molecular flexibility index (Phi) is 3.58. The van der Waals surface area contributed by atoms with Gasteiger partial charge in [-0.05, 0) is 37.5 Å². The summed E-state index contributed by atoms with van der Waals surface area (Å²) in [6.07, 6.45) is 2.86. The number of halogens is 2. The van der Waals surface area contributed by atoms with Crippen LogP contribution in [0.3, 0.4) is 0 Å². The summed E-state index contributed by atoms with van der Waals surface area (Å²) in [6, 6.07) is 5.00. The average Bonchev–Trinajstić information content (AvgIpc) is 2.84. The molecule has 0 spiro atoms. The zero-order valence-electron chi connectivity index (χ0n) is 10.6. The third kappa shape index (κ3) is 2.61. The lowest BCUT2D eigenvalue weighted by atomic mass is 9.77. The summed E-state index contributed by atoms with van der Waals surface area (Å²) >= 11 is 11.8. The summed E-state index contributed by atoms with van der Waals surface area (Å²) in [5.41, 5.74) is 5.69. The molecule has 3 rings (SSSR count). The van der Waals surface area contributed by atoms with Gasteiger partial charge in [0, 0.05) is 5.02 Å². The molecule has 2 aromatic rings. The molecule has 1 aliphatic rings. The molecule has 20 heavy (non-hydrogen) atoms. The van der Waals surface area contributed by atoms with E-state index in [1.165, 1.54) is 0 Å². The van der Waals surface area contributed by atoms with Crippen molar-refractivity contribution in [2.24, 2.45) is 5.73 Å². The van der Waals surface area contributed by atoms with Crippen LogP contribution in [0.1, 0.15) is 31.0 Å². The molecule has 7 heteroatoms. The Labute approximate surface area is 126 Å². The zero-order valence-corrected chi connectivity index (χ0v) is 12.1. The molecule has 5 nitrogen and oxygen atoms in total. The lowest BCUT2D eigenvalue weighted by Gasteiger charge is -2.34. The van der Waals surface area contributed by atoms with Gasteiger partial charge in [0.2, 0.25) is 0 Å². The fourth-order valence-corrected chi connectivity index (χ4v) is 2.49. The van der Waals surface area contributed by atoms with Crippen molar-refractivity contribution in [3.63, 3.8) is 0 Å². The third-order valence-electron chi connectivity index (χ3n) is 3.40. The number of nitrogens with two attached hydrogens (primary N) is 1.